The van der Waals surface area contributed by atoms with Crippen molar-refractivity contribution >= 4 is 5.91 Å². The molecule has 1 aliphatic rings. The van der Waals surface area contributed by atoms with Crippen LogP contribution < -0.4 is 17.2 Å². The number of carbonyl (C=O) groups excluding carboxylic acids is 1. The van der Waals surface area contributed by atoms with Gasteiger partial charge in [-0.25, -0.2) is 9.07 Å². The third-order valence-corrected chi connectivity index (χ3v) is 7.46. The molecule has 6 N–H and O–H groups in total. The molecule has 4 aromatic rings. The second-order valence-corrected chi connectivity index (χ2v) is 10.2. The van der Waals surface area contributed by atoms with Crippen LogP contribution in [0.15, 0.2) is 72.8 Å². The third kappa shape index (κ3) is 5.24. The van der Waals surface area contributed by atoms with Gasteiger partial charge in [0.05, 0.1) is 11.2 Å². The Bertz CT molecular complexity index is 1550. The van der Waals surface area contributed by atoms with Gasteiger partial charge in [-0.3, -0.25) is 4.79 Å². The molecule has 0 saturated heterocycles. The number of rotatable bonds is 9. The number of benzene rings is 3. The summed E-state index contributed by atoms with van der Waals surface area (Å²) < 4.78 is 59.5. The van der Waals surface area contributed by atoms with E-state index in [1.165, 1.54) is 24.3 Å². The van der Waals surface area contributed by atoms with Gasteiger partial charge in [-0.2, -0.15) is 18.3 Å². The van der Waals surface area contributed by atoms with E-state index in [0.717, 1.165) is 35.6 Å². The maximum Gasteiger partial charge on any atom is 0.435 e. The Labute approximate surface area is 228 Å². The number of hydrogen-bond donors (Lipinski definition) is 3. The highest BCUT2D eigenvalue weighted by Crippen LogP contribution is 2.44. The van der Waals surface area contributed by atoms with Gasteiger partial charge < -0.3 is 17.2 Å². The zero-order valence-corrected chi connectivity index (χ0v) is 21.6. The zero-order chi connectivity index (χ0) is 28.7. The van der Waals surface area contributed by atoms with Crippen LogP contribution in [0.3, 0.4) is 0 Å². The number of aromatic nitrogens is 2. The Hall–Kier alpha value is -4.02. The minimum absolute atomic E-state index is 0.107. The summed E-state index contributed by atoms with van der Waals surface area (Å²) in [5.74, 6) is -1.63. The highest BCUT2D eigenvalue weighted by Gasteiger charge is 2.42. The van der Waals surface area contributed by atoms with Crippen molar-refractivity contribution in [2.45, 2.75) is 43.9 Å². The van der Waals surface area contributed by atoms with E-state index in [4.69, 9.17) is 17.2 Å². The number of primary amides is 1. The molecular formula is C30H29F4N5O. The van der Waals surface area contributed by atoms with Gasteiger partial charge in [0.2, 0.25) is 0 Å². The van der Waals surface area contributed by atoms with Crippen molar-refractivity contribution in [3.05, 3.63) is 107 Å². The van der Waals surface area contributed by atoms with Crippen molar-refractivity contribution in [1.82, 2.24) is 9.78 Å². The number of amides is 1. The molecule has 1 heterocycles. The molecule has 1 saturated carbocycles. The lowest BCUT2D eigenvalue weighted by Gasteiger charge is -2.31. The summed E-state index contributed by atoms with van der Waals surface area (Å²) in [6.45, 7) is 0.107. The van der Waals surface area contributed by atoms with Crippen LogP contribution in [0.25, 0.3) is 16.8 Å². The molecule has 1 unspecified atom stereocenters. The molecule has 0 bridgehead atoms. The molecule has 40 heavy (non-hydrogen) atoms. The monoisotopic (exact) mass is 551 g/mol. The van der Waals surface area contributed by atoms with Crippen LogP contribution in [0, 0.1) is 11.7 Å². The van der Waals surface area contributed by atoms with Gasteiger partial charge in [-0.05, 0) is 59.7 Å². The molecule has 1 atom stereocenters. The number of alkyl halides is 3. The molecule has 10 heteroatoms. The molecule has 5 rings (SSSR count). The second-order valence-electron chi connectivity index (χ2n) is 10.2. The Morgan fingerprint density at radius 2 is 1.70 bits per heavy atom. The first kappa shape index (κ1) is 27.5. The van der Waals surface area contributed by atoms with Crippen LogP contribution >= 0.6 is 0 Å². The molecule has 0 spiro atoms. The summed E-state index contributed by atoms with van der Waals surface area (Å²) in [6, 6.07) is 19.2. The lowest BCUT2D eigenvalue weighted by Crippen LogP contribution is -2.38. The summed E-state index contributed by atoms with van der Waals surface area (Å²) >= 11 is 0. The summed E-state index contributed by atoms with van der Waals surface area (Å²) in [7, 11) is 0. The molecule has 208 valence electrons. The minimum atomic E-state index is -5.02. The molecule has 6 nitrogen and oxygen atoms in total. The molecule has 0 aliphatic heterocycles. The van der Waals surface area contributed by atoms with Crippen molar-refractivity contribution in [2.24, 2.45) is 23.1 Å². The molecule has 3 aromatic carbocycles. The Morgan fingerprint density at radius 3 is 2.33 bits per heavy atom. The number of nitrogens with zero attached hydrogens (tertiary/aromatic N) is 2. The standard InChI is InChI=1S/C30H29F4N5O/c31-24-12-11-21(29(37,14-13-18-9-10-18)20-6-2-1-3-7-20)16-23(24)25-26(28(36)40)39(38-27(25)30(32,33)34)22-8-4-5-19(15-22)17-35/h1-8,11-12,15-16,18H,9-10,13-14,17,35,37H2,(H2,36,40). The van der Waals surface area contributed by atoms with Gasteiger partial charge in [0.1, 0.15) is 11.5 Å². The summed E-state index contributed by atoms with van der Waals surface area (Å²) in [5, 5.41) is 3.74. The van der Waals surface area contributed by atoms with E-state index in [2.05, 4.69) is 5.10 Å². The quantitative estimate of drug-likeness (QED) is 0.234. The van der Waals surface area contributed by atoms with Gasteiger partial charge in [0.25, 0.3) is 5.91 Å². The average Bonchev–Trinajstić information content (AvgIpc) is 3.68. The number of halogens is 4. The van der Waals surface area contributed by atoms with E-state index in [1.807, 2.05) is 30.3 Å². The van der Waals surface area contributed by atoms with Crippen molar-refractivity contribution in [2.75, 3.05) is 0 Å². The first-order valence-electron chi connectivity index (χ1n) is 13.0. The second kappa shape index (κ2) is 10.5. The van der Waals surface area contributed by atoms with E-state index in [9.17, 15) is 18.0 Å². The molecule has 0 radical (unpaired) electrons. The van der Waals surface area contributed by atoms with Gasteiger partial charge in [-0.1, -0.05) is 61.4 Å². The summed E-state index contributed by atoms with van der Waals surface area (Å²) in [4.78, 5) is 12.7. The van der Waals surface area contributed by atoms with Gasteiger partial charge in [0.15, 0.2) is 5.69 Å². The molecule has 1 aromatic heterocycles. The van der Waals surface area contributed by atoms with Gasteiger partial charge in [0, 0.05) is 17.7 Å². The van der Waals surface area contributed by atoms with Crippen molar-refractivity contribution in [1.29, 1.82) is 0 Å². The SMILES string of the molecule is NCc1cccc(-n2nc(C(F)(F)F)c(-c3cc(C(N)(CCC4CC4)c4ccccc4)ccc3F)c2C(N)=O)c1. The first-order valence-corrected chi connectivity index (χ1v) is 13.0. The summed E-state index contributed by atoms with van der Waals surface area (Å²) in [5.41, 5.74) is 15.9. The van der Waals surface area contributed by atoms with Crippen molar-refractivity contribution in [3.8, 4) is 16.8 Å². The van der Waals surface area contributed by atoms with Crippen molar-refractivity contribution < 1.29 is 22.4 Å². The Kier molecular flexibility index (Phi) is 7.24. The number of hydrogen-bond acceptors (Lipinski definition) is 4. The van der Waals surface area contributed by atoms with E-state index < -0.39 is 46.0 Å². The topological polar surface area (TPSA) is 113 Å². The Balaban J connectivity index is 1.75. The molecule has 1 amide bonds. The number of nitrogens with two attached hydrogens (primary N) is 3. The third-order valence-electron chi connectivity index (χ3n) is 7.46. The highest BCUT2D eigenvalue weighted by atomic mass is 19.4. The largest absolute Gasteiger partial charge is 0.435 e. The average molecular weight is 552 g/mol. The Morgan fingerprint density at radius 1 is 0.975 bits per heavy atom. The van der Waals surface area contributed by atoms with E-state index >= 15 is 4.39 Å². The molecule has 1 aliphatic carbocycles. The van der Waals surface area contributed by atoms with Crippen LogP contribution in [0.5, 0.6) is 0 Å². The molecular weight excluding hydrogens is 522 g/mol. The lowest BCUT2D eigenvalue weighted by atomic mass is 9.78. The van der Waals surface area contributed by atoms with Crippen LogP contribution in [0.2, 0.25) is 0 Å². The van der Waals surface area contributed by atoms with Crippen LogP contribution in [-0.2, 0) is 18.3 Å². The predicted molar refractivity (Wildman–Crippen MR) is 144 cm³/mol. The maximum atomic E-state index is 15.5. The summed E-state index contributed by atoms with van der Waals surface area (Å²) in [6.07, 6.45) is -1.51. The number of carbonyl (C=O) groups is 1. The smallest absolute Gasteiger partial charge is 0.364 e. The maximum absolute atomic E-state index is 15.5. The van der Waals surface area contributed by atoms with Crippen LogP contribution in [0.1, 0.15) is 58.6 Å². The minimum Gasteiger partial charge on any atom is -0.364 e. The van der Waals surface area contributed by atoms with Crippen molar-refractivity contribution in [3.63, 3.8) is 0 Å². The fourth-order valence-corrected chi connectivity index (χ4v) is 5.12. The lowest BCUT2D eigenvalue weighted by molar-refractivity contribution is -0.140. The first-order chi connectivity index (χ1) is 19.0. The zero-order valence-electron chi connectivity index (χ0n) is 21.6. The van der Waals surface area contributed by atoms with E-state index in [0.29, 0.717) is 23.5 Å². The van der Waals surface area contributed by atoms with Crippen LogP contribution in [0.4, 0.5) is 17.6 Å². The highest BCUT2D eigenvalue weighted by molar-refractivity contribution is 6.00. The molecule has 1 fully saturated rings. The fourth-order valence-electron chi connectivity index (χ4n) is 5.12. The van der Waals surface area contributed by atoms with Gasteiger partial charge in [-0.15, -0.1) is 0 Å². The van der Waals surface area contributed by atoms with Crippen LogP contribution in [-0.4, -0.2) is 15.7 Å². The fraction of sp³-hybridized carbons (Fsp3) is 0.267. The van der Waals surface area contributed by atoms with E-state index in [1.54, 1.807) is 12.1 Å². The normalized spacial score (nSPS) is 15.2. The predicted octanol–water partition coefficient (Wildman–Crippen LogP) is 5.65. The van der Waals surface area contributed by atoms with E-state index in [-0.39, 0.29) is 12.2 Å². The van der Waals surface area contributed by atoms with Gasteiger partial charge >= 0.3 is 6.18 Å².